The van der Waals surface area contributed by atoms with E-state index < -0.39 is 41.9 Å². The van der Waals surface area contributed by atoms with Gasteiger partial charge >= 0.3 is 24.1 Å². The Hall–Kier alpha value is -3.14. The number of carboxylic acid groups (broad SMARTS) is 1. The van der Waals surface area contributed by atoms with Gasteiger partial charge in [0.15, 0.2) is 11.5 Å². The number of hydrogen-bond donors (Lipinski definition) is 2. The minimum atomic E-state index is -1.35. The van der Waals surface area contributed by atoms with Crippen molar-refractivity contribution in [1.82, 2.24) is 0 Å². The van der Waals surface area contributed by atoms with Crippen molar-refractivity contribution in [2.75, 3.05) is 13.2 Å². The average molecular weight is 552 g/mol. The summed E-state index contributed by atoms with van der Waals surface area (Å²) in [6.07, 6.45) is 6.07. The number of benzene rings is 1. The topological polar surface area (TPSA) is 151 Å². The van der Waals surface area contributed by atoms with Gasteiger partial charge in [0.05, 0.1) is 13.2 Å². The molecule has 1 rings (SSSR count). The minimum Gasteiger partial charge on any atom is -0.480 e. The number of carbonyl (C=O) groups excluding carboxylic acids is 3. The van der Waals surface area contributed by atoms with Crippen molar-refractivity contribution in [3.8, 4) is 11.5 Å². The van der Waals surface area contributed by atoms with E-state index in [4.69, 9.17) is 24.7 Å². The van der Waals surface area contributed by atoms with E-state index >= 15 is 0 Å². The lowest BCUT2D eigenvalue weighted by atomic mass is 9.82. The fourth-order valence-corrected chi connectivity index (χ4v) is 3.97. The second-order valence-corrected chi connectivity index (χ2v) is 9.70. The molecule has 0 aliphatic rings. The minimum absolute atomic E-state index is 0.00697. The van der Waals surface area contributed by atoms with Crippen LogP contribution in [0.5, 0.6) is 11.5 Å². The molecule has 0 aliphatic heterocycles. The first-order chi connectivity index (χ1) is 18.6. The number of esters is 2. The smallest absolute Gasteiger partial charge is 0.480 e. The maximum Gasteiger partial charge on any atom is 0.508 e. The molecule has 10 heteroatoms. The van der Waals surface area contributed by atoms with E-state index in [0.717, 1.165) is 32.1 Å². The molecule has 0 amide bonds. The molecule has 3 N–H and O–H groups in total. The lowest BCUT2D eigenvalue weighted by Crippen LogP contribution is -2.40. The quantitative estimate of drug-likeness (QED) is 0.124. The van der Waals surface area contributed by atoms with Crippen LogP contribution >= 0.6 is 0 Å². The van der Waals surface area contributed by atoms with E-state index in [2.05, 4.69) is 0 Å². The molecule has 0 spiro atoms. The molecule has 220 valence electrons. The van der Waals surface area contributed by atoms with Gasteiger partial charge in [-0.15, -0.1) is 0 Å². The average Bonchev–Trinajstić information content (AvgIpc) is 2.89. The van der Waals surface area contributed by atoms with Gasteiger partial charge in [0, 0.05) is 18.8 Å². The molecule has 39 heavy (non-hydrogen) atoms. The molecule has 10 nitrogen and oxygen atoms in total. The van der Waals surface area contributed by atoms with Gasteiger partial charge in [0.2, 0.25) is 0 Å². The Morgan fingerprint density at radius 3 is 1.92 bits per heavy atom. The number of rotatable bonds is 19. The summed E-state index contributed by atoms with van der Waals surface area (Å²) in [6.45, 7) is 7.80. The molecule has 3 atom stereocenters. The maximum absolute atomic E-state index is 12.5. The van der Waals surface area contributed by atoms with Crippen molar-refractivity contribution >= 4 is 24.1 Å². The van der Waals surface area contributed by atoms with Crippen molar-refractivity contribution in [2.45, 2.75) is 104 Å². The number of nitrogens with two attached hydrogens (primary N) is 1. The van der Waals surface area contributed by atoms with Gasteiger partial charge in [-0.1, -0.05) is 65.9 Å². The number of carbonyl (C=O) groups is 4. The van der Waals surface area contributed by atoms with Crippen molar-refractivity contribution in [2.24, 2.45) is 11.7 Å². The lowest BCUT2D eigenvalue weighted by Gasteiger charge is -2.28. The third kappa shape index (κ3) is 13.0. The highest BCUT2D eigenvalue weighted by molar-refractivity contribution is 5.77. The maximum atomic E-state index is 12.5. The molecule has 0 fully saturated rings. The van der Waals surface area contributed by atoms with Crippen LogP contribution in [0, 0.1) is 5.92 Å². The molecule has 0 aromatic heterocycles. The molecule has 0 saturated carbocycles. The van der Waals surface area contributed by atoms with Gasteiger partial charge in [-0.25, -0.2) is 4.79 Å². The van der Waals surface area contributed by atoms with E-state index in [-0.39, 0.29) is 37.6 Å². The van der Waals surface area contributed by atoms with Gasteiger partial charge in [-0.2, -0.15) is 0 Å². The fourth-order valence-electron chi connectivity index (χ4n) is 3.97. The first kappa shape index (κ1) is 33.9. The van der Waals surface area contributed by atoms with E-state index in [0.29, 0.717) is 24.8 Å². The van der Waals surface area contributed by atoms with Crippen LogP contribution in [-0.4, -0.2) is 48.4 Å². The number of hydrogen-bond acceptors (Lipinski definition) is 9. The van der Waals surface area contributed by atoms with E-state index in [1.54, 1.807) is 13.0 Å². The summed E-state index contributed by atoms with van der Waals surface area (Å²) in [5.74, 6) is -3.48. The molecular weight excluding hydrogens is 506 g/mol. The Balaban J connectivity index is 3.22. The predicted molar refractivity (Wildman–Crippen MR) is 146 cm³/mol. The Labute approximate surface area is 231 Å². The first-order valence-corrected chi connectivity index (χ1v) is 14.0. The third-order valence-electron chi connectivity index (χ3n) is 6.24. The highest BCUT2D eigenvalue weighted by Crippen LogP contribution is 2.36. The molecular formula is C29H45NO9. The molecule has 1 aromatic carbocycles. The number of carboxylic acids is 1. The summed E-state index contributed by atoms with van der Waals surface area (Å²) < 4.78 is 21.3. The largest absolute Gasteiger partial charge is 0.508 e. The summed E-state index contributed by atoms with van der Waals surface area (Å²) in [7, 11) is 0. The number of ether oxygens (including phenoxy) is 4. The molecule has 1 aromatic rings. The predicted octanol–water partition coefficient (Wildman–Crippen LogP) is 5.74. The Kier molecular flexibility index (Phi) is 16.5. The third-order valence-corrected chi connectivity index (χ3v) is 6.24. The van der Waals surface area contributed by atoms with Crippen molar-refractivity contribution < 1.29 is 43.2 Å². The fraction of sp³-hybridized carbons (Fsp3) is 0.655. The van der Waals surface area contributed by atoms with Crippen LogP contribution in [0.4, 0.5) is 4.79 Å². The van der Waals surface area contributed by atoms with Gasteiger partial charge in [0.1, 0.15) is 6.04 Å². The lowest BCUT2D eigenvalue weighted by molar-refractivity contribution is -0.139. The Morgan fingerprint density at radius 1 is 0.821 bits per heavy atom. The van der Waals surface area contributed by atoms with Gasteiger partial charge < -0.3 is 29.8 Å². The molecule has 0 saturated heterocycles. The van der Waals surface area contributed by atoms with E-state index in [1.165, 1.54) is 12.1 Å². The zero-order valence-corrected chi connectivity index (χ0v) is 23.7. The molecule has 0 aliphatic carbocycles. The summed E-state index contributed by atoms with van der Waals surface area (Å²) >= 11 is 0. The van der Waals surface area contributed by atoms with Gasteiger partial charge in [-0.05, 0) is 42.9 Å². The van der Waals surface area contributed by atoms with Crippen molar-refractivity contribution in [1.29, 1.82) is 0 Å². The summed E-state index contributed by atoms with van der Waals surface area (Å²) in [5, 5.41) is 9.68. The molecule has 0 bridgehead atoms. The standard InChI is InChI=1S/C29H45NO9/c1-5-8-11-13-24(31)38-22-16-15-21(18-23(22)39-25(32)14-12-9-6-2)26(27(30)28(33)34)20(4)19-37-29(35)36-17-10-7-3/h15-16,18,20,26-27H,5-14,17,19,30H2,1-4H3,(H,33,34)/t20?,26?,27-/m0/s1. The SMILES string of the molecule is CCCCCC(=O)Oc1ccc(C(C(C)COC(=O)OCCCC)[C@H](N)C(=O)O)cc1OC(=O)CCCCC. The monoisotopic (exact) mass is 551 g/mol. The molecule has 0 radical (unpaired) electrons. The second kappa shape index (κ2) is 19.0. The van der Waals surface area contributed by atoms with Crippen molar-refractivity contribution in [3.63, 3.8) is 0 Å². The van der Waals surface area contributed by atoms with Crippen molar-refractivity contribution in [3.05, 3.63) is 23.8 Å². The second-order valence-electron chi connectivity index (χ2n) is 9.70. The molecule has 2 unspecified atom stereocenters. The van der Waals surface area contributed by atoms with Crippen LogP contribution < -0.4 is 15.2 Å². The zero-order chi connectivity index (χ0) is 29.2. The molecule has 0 heterocycles. The number of unbranched alkanes of at least 4 members (excludes halogenated alkanes) is 5. The van der Waals surface area contributed by atoms with Crippen LogP contribution in [0.15, 0.2) is 18.2 Å². The summed E-state index contributed by atoms with van der Waals surface area (Å²) in [5.41, 5.74) is 6.49. The van der Waals surface area contributed by atoms with Crippen LogP contribution in [0.3, 0.4) is 0 Å². The summed E-state index contributed by atoms with van der Waals surface area (Å²) in [6, 6.07) is 3.16. The van der Waals surface area contributed by atoms with Gasteiger partial charge in [0.25, 0.3) is 0 Å². The van der Waals surface area contributed by atoms with Crippen LogP contribution in [0.2, 0.25) is 0 Å². The normalized spacial score (nSPS) is 13.2. The highest BCUT2D eigenvalue weighted by atomic mass is 16.7. The summed E-state index contributed by atoms with van der Waals surface area (Å²) in [4.78, 5) is 48.7. The van der Waals surface area contributed by atoms with Crippen LogP contribution in [0.1, 0.15) is 103 Å². The highest BCUT2D eigenvalue weighted by Gasteiger charge is 2.33. The number of aliphatic carboxylic acids is 1. The Morgan fingerprint density at radius 2 is 1.38 bits per heavy atom. The van der Waals surface area contributed by atoms with Gasteiger partial charge in [-0.3, -0.25) is 14.4 Å². The van der Waals surface area contributed by atoms with E-state index in [9.17, 15) is 24.3 Å². The zero-order valence-electron chi connectivity index (χ0n) is 23.7. The van der Waals surface area contributed by atoms with Crippen LogP contribution in [0.25, 0.3) is 0 Å². The van der Waals surface area contributed by atoms with E-state index in [1.807, 2.05) is 20.8 Å². The first-order valence-electron chi connectivity index (χ1n) is 14.0. The Bertz CT molecular complexity index is 918. The van der Waals surface area contributed by atoms with Crippen LogP contribution in [-0.2, 0) is 23.9 Å².